The summed E-state index contributed by atoms with van der Waals surface area (Å²) in [6.07, 6.45) is -2.86. The van der Waals surface area contributed by atoms with Gasteiger partial charge in [0.2, 0.25) is 6.29 Å². The summed E-state index contributed by atoms with van der Waals surface area (Å²) in [7, 11) is 1.24. The van der Waals surface area contributed by atoms with Gasteiger partial charge < -0.3 is 24.2 Å². The van der Waals surface area contributed by atoms with Crippen molar-refractivity contribution in [1.82, 2.24) is 4.90 Å². The van der Waals surface area contributed by atoms with Crippen LogP contribution >= 0.6 is 0 Å². The van der Waals surface area contributed by atoms with Crippen LogP contribution in [-0.2, 0) is 30.3 Å². The summed E-state index contributed by atoms with van der Waals surface area (Å²) < 4.78 is 15.5. The van der Waals surface area contributed by atoms with Crippen LogP contribution < -0.4 is 0 Å². The van der Waals surface area contributed by atoms with Gasteiger partial charge in [-0.2, -0.15) is 0 Å². The SMILES string of the molecule is COC(=O)[C@@H]1O[C@H]2O[C@H]1[C@H](CO)N(Cc1ccccc1)C2=O. The van der Waals surface area contributed by atoms with E-state index in [9.17, 15) is 14.7 Å². The molecular formula is C15H17NO6. The average molecular weight is 307 g/mol. The monoisotopic (exact) mass is 307 g/mol. The first-order valence-corrected chi connectivity index (χ1v) is 6.99. The molecule has 7 nitrogen and oxygen atoms in total. The Hall–Kier alpha value is -1.96. The maximum atomic E-state index is 12.4. The van der Waals surface area contributed by atoms with Crippen LogP contribution in [0.1, 0.15) is 5.56 Å². The van der Waals surface area contributed by atoms with E-state index in [-0.39, 0.29) is 6.61 Å². The smallest absolute Gasteiger partial charge is 0.337 e. The molecule has 1 aromatic carbocycles. The molecule has 0 aromatic heterocycles. The van der Waals surface area contributed by atoms with Crippen molar-refractivity contribution in [1.29, 1.82) is 0 Å². The van der Waals surface area contributed by atoms with E-state index >= 15 is 0 Å². The number of ether oxygens (including phenoxy) is 3. The highest BCUT2D eigenvalue weighted by Crippen LogP contribution is 2.32. The van der Waals surface area contributed by atoms with Crippen LogP contribution in [0.5, 0.6) is 0 Å². The Morgan fingerprint density at radius 2 is 2.05 bits per heavy atom. The van der Waals surface area contributed by atoms with Gasteiger partial charge in [-0.1, -0.05) is 30.3 Å². The van der Waals surface area contributed by atoms with Gasteiger partial charge in [-0.15, -0.1) is 0 Å². The third kappa shape index (κ3) is 2.47. The van der Waals surface area contributed by atoms with Gasteiger partial charge in [0, 0.05) is 6.54 Å². The zero-order valence-electron chi connectivity index (χ0n) is 12.0. The number of aliphatic hydroxyl groups is 1. The second-order valence-electron chi connectivity index (χ2n) is 5.21. The van der Waals surface area contributed by atoms with Crippen molar-refractivity contribution in [2.75, 3.05) is 13.7 Å². The molecule has 0 unspecified atom stereocenters. The Bertz CT molecular complexity index is 562. The number of aliphatic hydroxyl groups excluding tert-OH is 1. The van der Waals surface area contributed by atoms with Crippen LogP contribution in [0.25, 0.3) is 0 Å². The molecule has 0 aliphatic carbocycles. The Balaban J connectivity index is 1.85. The van der Waals surface area contributed by atoms with Gasteiger partial charge in [0.25, 0.3) is 5.91 Å². The lowest BCUT2D eigenvalue weighted by molar-refractivity contribution is -0.181. The van der Waals surface area contributed by atoms with Crippen molar-refractivity contribution in [3.8, 4) is 0 Å². The van der Waals surface area contributed by atoms with Crippen LogP contribution in [0.2, 0.25) is 0 Å². The van der Waals surface area contributed by atoms with Gasteiger partial charge in [0.1, 0.15) is 6.10 Å². The van der Waals surface area contributed by atoms with Gasteiger partial charge in [-0.3, -0.25) is 4.79 Å². The van der Waals surface area contributed by atoms with Crippen LogP contribution in [0, 0.1) is 0 Å². The maximum Gasteiger partial charge on any atom is 0.337 e. The van der Waals surface area contributed by atoms with E-state index < -0.39 is 36.4 Å². The van der Waals surface area contributed by atoms with Crippen LogP contribution in [0.3, 0.4) is 0 Å². The van der Waals surface area contributed by atoms with E-state index in [0.29, 0.717) is 6.54 Å². The third-order valence-corrected chi connectivity index (χ3v) is 3.93. The number of amides is 1. The summed E-state index contributed by atoms with van der Waals surface area (Å²) in [6.45, 7) is -0.00860. The standard InChI is InChI=1S/C15H17NO6/c1-20-14(19)12-11-10(8-17)16(13(18)15(21-11)22-12)7-9-5-3-2-4-6-9/h2-6,10-12,15,17H,7-8H2,1H3/t10-,11-,12+,15+/m0/s1. The summed E-state index contributed by atoms with van der Waals surface area (Å²) in [4.78, 5) is 25.7. The Labute approximate surface area is 127 Å². The highest BCUT2D eigenvalue weighted by Gasteiger charge is 2.55. The van der Waals surface area contributed by atoms with Crippen molar-refractivity contribution in [2.24, 2.45) is 0 Å². The highest BCUT2D eigenvalue weighted by atomic mass is 16.8. The minimum absolute atomic E-state index is 0.318. The number of fused-ring (bicyclic) bond motifs is 2. The first-order valence-electron chi connectivity index (χ1n) is 6.99. The summed E-state index contributed by atoms with van der Waals surface area (Å²) in [6, 6.07) is 8.74. The second-order valence-corrected chi connectivity index (χ2v) is 5.21. The summed E-state index contributed by atoms with van der Waals surface area (Å²) >= 11 is 0. The van der Waals surface area contributed by atoms with Crippen LogP contribution in [0.15, 0.2) is 30.3 Å². The number of nitrogens with zero attached hydrogens (tertiary/aromatic N) is 1. The topological polar surface area (TPSA) is 85.3 Å². The molecule has 1 amide bonds. The van der Waals surface area contributed by atoms with Crippen molar-refractivity contribution >= 4 is 11.9 Å². The predicted octanol–water partition coefficient (Wildman–Crippen LogP) is -0.327. The molecule has 2 bridgehead atoms. The molecule has 118 valence electrons. The van der Waals surface area contributed by atoms with Crippen molar-refractivity contribution in [3.63, 3.8) is 0 Å². The molecule has 2 aliphatic rings. The molecule has 0 radical (unpaired) electrons. The largest absolute Gasteiger partial charge is 0.467 e. The fraction of sp³-hybridized carbons (Fsp3) is 0.467. The van der Waals surface area contributed by atoms with Gasteiger partial charge >= 0.3 is 5.97 Å². The molecule has 0 spiro atoms. The third-order valence-electron chi connectivity index (χ3n) is 3.93. The Morgan fingerprint density at radius 3 is 2.68 bits per heavy atom. The van der Waals surface area contributed by atoms with Crippen molar-refractivity contribution in [3.05, 3.63) is 35.9 Å². The molecule has 2 heterocycles. The van der Waals surface area contributed by atoms with E-state index in [1.54, 1.807) is 0 Å². The number of morpholine rings is 1. The normalized spacial score (nSPS) is 30.5. The molecule has 1 aromatic rings. The molecule has 2 saturated heterocycles. The molecule has 2 fully saturated rings. The minimum atomic E-state index is -1.12. The second kappa shape index (κ2) is 6.04. The van der Waals surface area contributed by atoms with E-state index in [4.69, 9.17) is 9.47 Å². The molecule has 7 heteroatoms. The number of esters is 1. The molecule has 0 saturated carbocycles. The van der Waals surface area contributed by atoms with E-state index in [1.165, 1.54) is 12.0 Å². The maximum absolute atomic E-state index is 12.4. The lowest BCUT2D eigenvalue weighted by Crippen LogP contribution is -2.57. The zero-order chi connectivity index (χ0) is 15.7. The van der Waals surface area contributed by atoms with Crippen molar-refractivity contribution in [2.45, 2.75) is 31.1 Å². The zero-order valence-corrected chi connectivity index (χ0v) is 12.0. The average Bonchev–Trinajstić information content (AvgIpc) is 2.95. The quantitative estimate of drug-likeness (QED) is 0.767. The summed E-state index contributed by atoms with van der Waals surface area (Å²) in [5, 5.41) is 9.67. The van der Waals surface area contributed by atoms with Crippen LogP contribution in [-0.4, -0.2) is 60.1 Å². The highest BCUT2D eigenvalue weighted by molar-refractivity contribution is 5.84. The molecule has 1 N–H and O–H groups in total. The van der Waals surface area contributed by atoms with Gasteiger partial charge in [-0.25, -0.2) is 4.79 Å². The van der Waals surface area contributed by atoms with Crippen LogP contribution in [0.4, 0.5) is 0 Å². The number of methoxy groups -OCH3 is 1. The van der Waals surface area contributed by atoms with Gasteiger partial charge in [-0.05, 0) is 5.56 Å². The summed E-state index contributed by atoms with van der Waals surface area (Å²) in [5.74, 6) is -1.01. The molecule has 4 atom stereocenters. The lowest BCUT2D eigenvalue weighted by atomic mass is 10.0. The number of hydrogen-bond acceptors (Lipinski definition) is 6. The fourth-order valence-electron chi connectivity index (χ4n) is 2.83. The number of carbonyl (C=O) groups is 2. The molecular weight excluding hydrogens is 290 g/mol. The number of rotatable bonds is 4. The van der Waals surface area contributed by atoms with Crippen molar-refractivity contribution < 1.29 is 28.9 Å². The molecule has 3 rings (SSSR count). The lowest BCUT2D eigenvalue weighted by Gasteiger charge is -2.38. The first-order chi connectivity index (χ1) is 10.7. The van der Waals surface area contributed by atoms with Gasteiger partial charge in [0.05, 0.1) is 19.8 Å². The first kappa shape index (κ1) is 15.0. The Morgan fingerprint density at radius 1 is 1.32 bits per heavy atom. The molecule has 22 heavy (non-hydrogen) atoms. The predicted molar refractivity (Wildman–Crippen MR) is 73.4 cm³/mol. The molecule has 2 aliphatic heterocycles. The van der Waals surface area contributed by atoms with E-state index in [2.05, 4.69) is 4.74 Å². The fourth-order valence-corrected chi connectivity index (χ4v) is 2.83. The number of benzene rings is 1. The number of hydrogen-bond donors (Lipinski definition) is 1. The number of carbonyl (C=O) groups excluding carboxylic acids is 2. The summed E-state index contributed by atoms with van der Waals surface area (Å²) in [5.41, 5.74) is 0.921. The van der Waals surface area contributed by atoms with E-state index in [0.717, 1.165) is 5.56 Å². The minimum Gasteiger partial charge on any atom is -0.467 e. The van der Waals surface area contributed by atoms with Gasteiger partial charge in [0.15, 0.2) is 6.10 Å². The Kier molecular flexibility index (Phi) is 4.10. The van der Waals surface area contributed by atoms with E-state index in [1.807, 2.05) is 30.3 Å².